The van der Waals surface area contributed by atoms with Crippen molar-refractivity contribution in [3.8, 4) is 0 Å². The van der Waals surface area contributed by atoms with E-state index in [0.717, 1.165) is 21.0 Å². The molecule has 1 aromatic heterocycles. The van der Waals surface area contributed by atoms with Gasteiger partial charge >= 0.3 is 0 Å². The Bertz CT molecular complexity index is 547. The number of fused-ring (bicyclic) bond motifs is 1. The summed E-state index contributed by atoms with van der Waals surface area (Å²) in [6, 6.07) is 8.06. The fourth-order valence-electron chi connectivity index (χ4n) is 2.10. The van der Waals surface area contributed by atoms with Crippen molar-refractivity contribution in [1.82, 2.24) is 10.3 Å². The molecule has 0 fully saturated rings. The van der Waals surface area contributed by atoms with Gasteiger partial charge in [-0.25, -0.2) is 4.98 Å². The summed E-state index contributed by atoms with van der Waals surface area (Å²) in [6.45, 7) is 0.101. The molecule has 1 heterocycles. The number of aliphatic hydroxyl groups excluding tert-OH is 1. The van der Waals surface area contributed by atoms with E-state index in [2.05, 4.69) is 10.3 Å². The molecule has 0 radical (unpaired) electrons. The number of thioether (sulfide) groups is 1. The molecule has 0 aliphatic carbocycles. The predicted molar refractivity (Wildman–Crippen MR) is 90.0 cm³/mol. The van der Waals surface area contributed by atoms with Crippen LogP contribution in [-0.4, -0.2) is 40.7 Å². The van der Waals surface area contributed by atoms with Gasteiger partial charge in [-0.3, -0.25) is 4.79 Å². The zero-order valence-corrected chi connectivity index (χ0v) is 13.7. The predicted octanol–water partition coefficient (Wildman–Crippen LogP) is 2.46. The average Bonchev–Trinajstić information content (AvgIpc) is 2.88. The molecule has 21 heavy (non-hydrogen) atoms. The Balaban J connectivity index is 1.85. The number of nitrogens with zero attached hydrogens (tertiary/aromatic N) is 1. The maximum absolute atomic E-state index is 12.0. The van der Waals surface area contributed by atoms with Gasteiger partial charge in [0.1, 0.15) is 0 Å². The molecule has 0 bridgehead atoms. The number of amides is 1. The van der Waals surface area contributed by atoms with Crippen LogP contribution in [0.4, 0.5) is 0 Å². The van der Waals surface area contributed by atoms with Crippen molar-refractivity contribution in [3.63, 3.8) is 0 Å². The summed E-state index contributed by atoms with van der Waals surface area (Å²) in [5.74, 6) is 0.856. The van der Waals surface area contributed by atoms with Gasteiger partial charge in [-0.15, -0.1) is 11.3 Å². The van der Waals surface area contributed by atoms with Crippen molar-refractivity contribution in [1.29, 1.82) is 0 Å². The van der Waals surface area contributed by atoms with Crippen LogP contribution in [0.1, 0.15) is 17.8 Å². The van der Waals surface area contributed by atoms with E-state index in [1.54, 1.807) is 23.1 Å². The number of rotatable bonds is 8. The number of carbonyl (C=O) groups excluding carboxylic acids is 1. The number of para-hydroxylation sites is 1. The van der Waals surface area contributed by atoms with Crippen LogP contribution in [-0.2, 0) is 11.2 Å². The van der Waals surface area contributed by atoms with E-state index in [0.29, 0.717) is 19.3 Å². The first-order valence-electron chi connectivity index (χ1n) is 6.96. The second-order valence-electron chi connectivity index (χ2n) is 4.81. The maximum Gasteiger partial charge on any atom is 0.220 e. The van der Waals surface area contributed by atoms with Crippen molar-refractivity contribution in [2.75, 3.05) is 18.6 Å². The number of thiazole rings is 1. The van der Waals surface area contributed by atoms with Crippen LogP contribution in [0.25, 0.3) is 10.2 Å². The fourth-order valence-corrected chi connectivity index (χ4v) is 3.72. The third-order valence-electron chi connectivity index (χ3n) is 3.11. The minimum atomic E-state index is 0.0294. The number of aliphatic hydroxyl groups is 1. The van der Waals surface area contributed by atoms with Crippen molar-refractivity contribution in [3.05, 3.63) is 29.3 Å². The lowest BCUT2D eigenvalue weighted by Crippen LogP contribution is -2.37. The summed E-state index contributed by atoms with van der Waals surface area (Å²) in [6.07, 6.45) is 3.71. The van der Waals surface area contributed by atoms with Gasteiger partial charge in [0.15, 0.2) is 0 Å². The minimum absolute atomic E-state index is 0.0294. The Morgan fingerprint density at radius 1 is 1.48 bits per heavy atom. The van der Waals surface area contributed by atoms with Crippen LogP contribution >= 0.6 is 23.1 Å². The molecule has 2 rings (SSSR count). The van der Waals surface area contributed by atoms with Crippen LogP contribution < -0.4 is 5.32 Å². The highest BCUT2D eigenvalue weighted by Gasteiger charge is 2.12. The van der Waals surface area contributed by atoms with E-state index in [4.69, 9.17) is 5.11 Å². The molecule has 2 aromatic rings. The lowest BCUT2D eigenvalue weighted by molar-refractivity contribution is -0.121. The molecular formula is C15H20N2O2S2. The number of hydrogen-bond donors (Lipinski definition) is 2. The van der Waals surface area contributed by atoms with E-state index in [9.17, 15) is 4.79 Å². The molecule has 1 unspecified atom stereocenters. The first kappa shape index (κ1) is 16.3. The molecule has 1 aromatic carbocycles. The van der Waals surface area contributed by atoms with Gasteiger partial charge in [-0.05, 0) is 24.8 Å². The SMILES string of the molecule is CSCC(CCO)NC(=O)CCc1nc2ccccc2s1. The molecule has 114 valence electrons. The number of aromatic nitrogens is 1. The molecule has 2 N–H and O–H groups in total. The third kappa shape index (κ3) is 4.98. The van der Waals surface area contributed by atoms with Gasteiger partial charge < -0.3 is 10.4 Å². The topological polar surface area (TPSA) is 62.2 Å². The van der Waals surface area contributed by atoms with Gasteiger partial charge in [-0.1, -0.05) is 12.1 Å². The van der Waals surface area contributed by atoms with Crippen molar-refractivity contribution in [2.45, 2.75) is 25.3 Å². The summed E-state index contributed by atoms with van der Waals surface area (Å²) in [7, 11) is 0. The largest absolute Gasteiger partial charge is 0.396 e. The zero-order chi connectivity index (χ0) is 15.1. The number of nitrogens with one attached hydrogen (secondary N) is 1. The summed E-state index contributed by atoms with van der Waals surface area (Å²) in [5, 5.41) is 13.0. The Morgan fingerprint density at radius 3 is 3.00 bits per heavy atom. The van der Waals surface area contributed by atoms with Crippen LogP contribution in [0, 0.1) is 0 Å². The maximum atomic E-state index is 12.0. The Hall–Kier alpha value is -1.11. The fraction of sp³-hybridized carbons (Fsp3) is 0.467. The Labute approximate surface area is 133 Å². The number of hydrogen-bond acceptors (Lipinski definition) is 5. The summed E-state index contributed by atoms with van der Waals surface area (Å²) in [4.78, 5) is 16.5. The lowest BCUT2D eigenvalue weighted by Gasteiger charge is -2.16. The van der Waals surface area contributed by atoms with Gasteiger partial charge in [0.05, 0.1) is 15.2 Å². The smallest absolute Gasteiger partial charge is 0.220 e. The minimum Gasteiger partial charge on any atom is -0.396 e. The van der Waals surface area contributed by atoms with E-state index in [-0.39, 0.29) is 18.6 Å². The average molecular weight is 324 g/mol. The van der Waals surface area contributed by atoms with Gasteiger partial charge in [0.2, 0.25) is 5.91 Å². The molecule has 6 heteroatoms. The van der Waals surface area contributed by atoms with E-state index < -0.39 is 0 Å². The highest BCUT2D eigenvalue weighted by molar-refractivity contribution is 7.98. The first-order chi connectivity index (χ1) is 10.2. The van der Waals surface area contributed by atoms with Crippen LogP contribution in [0.2, 0.25) is 0 Å². The van der Waals surface area contributed by atoms with Crippen LogP contribution in [0.3, 0.4) is 0 Å². The molecule has 0 aliphatic heterocycles. The normalized spacial score (nSPS) is 12.5. The summed E-state index contributed by atoms with van der Waals surface area (Å²) < 4.78 is 1.16. The Morgan fingerprint density at radius 2 is 2.29 bits per heavy atom. The summed E-state index contributed by atoms with van der Waals surface area (Å²) >= 11 is 3.32. The molecule has 0 aliphatic rings. The lowest BCUT2D eigenvalue weighted by atomic mass is 10.2. The molecule has 0 saturated carbocycles. The standard InChI is InChI=1S/C15H20N2O2S2/c1-20-10-11(8-9-18)16-14(19)6-7-15-17-12-4-2-3-5-13(12)21-15/h2-5,11,18H,6-10H2,1H3,(H,16,19). The van der Waals surface area contributed by atoms with Crippen molar-refractivity contribution >= 4 is 39.2 Å². The van der Waals surface area contributed by atoms with Crippen LogP contribution in [0.15, 0.2) is 24.3 Å². The highest BCUT2D eigenvalue weighted by Crippen LogP contribution is 2.22. The number of aryl methyl sites for hydroxylation is 1. The molecule has 1 amide bonds. The molecule has 1 atom stereocenters. The van der Waals surface area contributed by atoms with E-state index in [1.807, 2.05) is 30.5 Å². The molecule has 0 saturated heterocycles. The molecule has 0 spiro atoms. The summed E-state index contributed by atoms with van der Waals surface area (Å²) in [5.41, 5.74) is 0.999. The monoisotopic (exact) mass is 324 g/mol. The van der Waals surface area contributed by atoms with Crippen molar-refractivity contribution < 1.29 is 9.90 Å². The van der Waals surface area contributed by atoms with E-state index >= 15 is 0 Å². The Kier molecular flexibility index (Phi) is 6.48. The van der Waals surface area contributed by atoms with Gasteiger partial charge in [-0.2, -0.15) is 11.8 Å². The van der Waals surface area contributed by atoms with Gasteiger partial charge in [0, 0.05) is 31.2 Å². The number of benzene rings is 1. The van der Waals surface area contributed by atoms with Crippen molar-refractivity contribution in [2.24, 2.45) is 0 Å². The molecule has 4 nitrogen and oxygen atoms in total. The van der Waals surface area contributed by atoms with Crippen LogP contribution in [0.5, 0.6) is 0 Å². The third-order valence-corrected chi connectivity index (χ3v) is 4.95. The first-order valence-corrected chi connectivity index (χ1v) is 9.17. The second-order valence-corrected chi connectivity index (χ2v) is 6.83. The molecular weight excluding hydrogens is 304 g/mol. The van der Waals surface area contributed by atoms with Gasteiger partial charge in [0.25, 0.3) is 0 Å². The quantitative estimate of drug-likeness (QED) is 0.783. The number of carbonyl (C=O) groups is 1. The second kappa shape index (κ2) is 8.36. The highest BCUT2D eigenvalue weighted by atomic mass is 32.2. The van der Waals surface area contributed by atoms with E-state index in [1.165, 1.54) is 0 Å². The zero-order valence-electron chi connectivity index (χ0n) is 12.0.